The zero-order valence-electron chi connectivity index (χ0n) is 8.74. The first-order chi connectivity index (χ1) is 7.79. The maximum Gasteiger partial charge on any atom is 0.141 e. The van der Waals surface area contributed by atoms with E-state index in [2.05, 4.69) is 10.3 Å². The van der Waals surface area contributed by atoms with E-state index in [0.29, 0.717) is 12.4 Å². The number of rotatable bonds is 4. The predicted molar refractivity (Wildman–Crippen MR) is 62.4 cm³/mol. The first-order valence-electron chi connectivity index (χ1n) is 4.75. The van der Waals surface area contributed by atoms with Crippen molar-refractivity contribution < 1.29 is 9.13 Å². The van der Waals surface area contributed by atoms with Gasteiger partial charge in [-0.2, -0.15) is 0 Å². The first kappa shape index (κ1) is 10.9. The predicted octanol–water partition coefficient (Wildman–Crippen LogP) is 2.90. The summed E-state index contributed by atoms with van der Waals surface area (Å²) in [6.45, 7) is 0.624. The van der Waals surface area contributed by atoms with Crippen LogP contribution >= 0.6 is 11.3 Å². The summed E-state index contributed by atoms with van der Waals surface area (Å²) in [6.07, 6.45) is 1.19. The molecule has 0 aliphatic rings. The van der Waals surface area contributed by atoms with Crippen molar-refractivity contribution in [1.29, 1.82) is 0 Å². The number of halogens is 1. The summed E-state index contributed by atoms with van der Waals surface area (Å²) in [5.41, 5.74) is 0. The second-order valence-electron chi connectivity index (χ2n) is 3.13. The summed E-state index contributed by atoms with van der Waals surface area (Å²) < 4.78 is 17.8. The van der Waals surface area contributed by atoms with Gasteiger partial charge in [-0.1, -0.05) is 0 Å². The zero-order valence-corrected chi connectivity index (χ0v) is 9.55. The molecule has 0 saturated heterocycles. The molecule has 0 aromatic carbocycles. The van der Waals surface area contributed by atoms with Crippen LogP contribution in [-0.4, -0.2) is 12.1 Å². The fraction of sp³-hybridized carbons (Fsp3) is 0.182. The second-order valence-corrected chi connectivity index (χ2v) is 4.13. The average Bonchev–Trinajstić information content (AvgIpc) is 2.76. The average molecular weight is 238 g/mol. The van der Waals surface area contributed by atoms with Crippen LogP contribution in [0.25, 0.3) is 0 Å². The molecule has 16 heavy (non-hydrogen) atoms. The summed E-state index contributed by atoms with van der Waals surface area (Å²) in [7, 11) is 1.64. The molecule has 0 unspecified atom stereocenters. The van der Waals surface area contributed by atoms with Gasteiger partial charge in [0.1, 0.15) is 17.4 Å². The number of nitrogens with zero attached hydrogens (tertiary/aromatic N) is 1. The van der Waals surface area contributed by atoms with Gasteiger partial charge in [-0.05, 0) is 23.6 Å². The van der Waals surface area contributed by atoms with E-state index in [0.717, 1.165) is 10.6 Å². The third-order valence-electron chi connectivity index (χ3n) is 2.08. The molecule has 0 aliphatic heterocycles. The van der Waals surface area contributed by atoms with Gasteiger partial charge in [0.15, 0.2) is 0 Å². The molecular weight excluding hydrogens is 227 g/mol. The van der Waals surface area contributed by atoms with E-state index in [1.54, 1.807) is 24.5 Å². The lowest BCUT2D eigenvalue weighted by molar-refractivity contribution is 0.413. The quantitative estimate of drug-likeness (QED) is 0.889. The Hall–Kier alpha value is -1.62. The van der Waals surface area contributed by atoms with Crippen LogP contribution < -0.4 is 10.1 Å². The van der Waals surface area contributed by atoms with Gasteiger partial charge in [-0.3, -0.25) is 0 Å². The van der Waals surface area contributed by atoms with Crippen molar-refractivity contribution in [3.63, 3.8) is 0 Å². The van der Waals surface area contributed by atoms with E-state index >= 15 is 0 Å². The van der Waals surface area contributed by atoms with Crippen LogP contribution in [-0.2, 0) is 6.54 Å². The molecule has 3 nitrogen and oxygen atoms in total. The topological polar surface area (TPSA) is 34.1 Å². The van der Waals surface area contributed by atoms with Crippen molar-refractivity contribution in [2.24, 2.45) is 0 Å². The van der Waals surface area contributed by atoms with Gasteiger partial charge >= 0.3 is 0 Å². The second kappa shape index (κ2) is 4.94. The number of thiophene rings is 1. The van der Waals surface area contributed by atoms with Crippen LogP contribution in [0.4, 0.5) is 10.2 Å². The van der Waals surface area contributed by atoms with Crippen LogP contribution in [0.3, 0.4) is 0 Å². The lowest BCUT2D eigenvalue weighted by Gasteiger charge is -2.05. The zero-order chi connectivity index (χ0) is 11.4. The van der Waals surface area contributed by atoms with Crippen LogP contribution in [0.2, 0.25) is 0 Å². The number of pyridine rings is 1. The highest BCUT2D eigenvalue weighted by Crippen LogP contribution is 2.24. The van der Waals surface area contributed by atoms with E-state index in [-0.39, 0.29) is 5.82 Å². The molecular formula is C11H11FN2OS. The maximum absolute atomic E-state index is 12.6. The van der Waals surface area contributed by atoms with Gasteiger partial charge in [0.05, 0.1) is 24.7 Å². The molecule has 2 aromatic heterocycles. The standard InChI is InChI=1S/C11H11FN2OS/c1-15-9-4-5-16-10(9)7-14-11-3-2-8(12)6-13-11/h2-6H,7H2,1H3,(H,13,14). The summed E-state index contributed by atoms with van der Waals surface area (Å²) in [6, 6.07) is 4.90. The van der Waals surface area contributed by atoms with Gasteiger partial charge in [0, 0.05) is 0 Å². The van der Waals surface area contributed by atoms with E-state index in [9.17, 15) is 4.39 Å². The van der Waals surface area contributed by atoms with Crippen molar-refractivity contribution in [3.05, 3.63) is 40.5 Å². The summed E-state index contributed by atoms with van der Waals surface area (Å²) >= 11 is 1.61. The van der Waals surface area contributed by atoms with Crippen molar-refractivity contribution in [2.75, 3.05) is 12.4 Å². The lowest BCUT2D eigenvalue weighted by atomic mass is 10.4. The molecule has 0 saturated carbocycles. The number of hydrogen-bond acceptors (Lipinski definition) is 4. The van der Waals surface area contributed by atoms with Crippen molar-refractivity contribution in [3.8, 4) is 5.75 Å². The lowest BCUT2D eigenvalue weighted by Crippen LogP contribution is -2.00. The van der Waals surface area contributed by atoms with Crippen molar-refractivity contribution in [2.45, 2.75) is 6.54 Å². The van der Waals surface area contributed by atoms with Crippen molar-refractivity contribution in [1.82, 2.24) is 4.98 Å². The third-order valence-corrected chi connectivity index (χ3v) is 2.98. The summed E-state index contributed by atoms with van der Waals surface area (Å²) in [4.78, 5) is 5.00. The Morgan fingerprint density at radius 1 is 1.44 bits per heavy atom. The molecule has 0 spiro atoms. The number of hydrogen-bond donors (Lipinski definition) is 1. The molecule has 0 aliphatic carbocycles. The molecule has 0 bridgehead atoms. The molecule has 84 valence electrons. The Labute approximate surface area is 96.9 Å². The fourth-order valence-corrected chi connectivity index (χ4v) is 2.07. The normalized spacial score (nSPS) is 10.1. The summed E-state index contributed by atoms with van der Waals surface area (Å²) in [5, 5.41) is 5.07. The van der Waals surface area contributed by atoms with Gasteiger partial charge in [-0.15, -0.1) is 11.3 Å². The molecule has 5 heteroatoms. The smallest absolute Gasteiger partial charge is 0.141 e. The monoisotopic (exact) mass is 238 g/mol. The minimum Gasteiger partial charge on any atom is -0.496 e. The molecule has 0 radical (unpaired) electrons. The van der Waals surface area contributed by atoms with Crippen LogP contribution in [0.1, 0.15) is 4.88 Å². The van der Waals surface area contributed by atoms with Gasteiger partial charge in [0.25, 0.3) is 0 Å². The number of aromatic nitrogens is 1. The van der Waals surface area contributed by atoms with E-state index in [4.69, 9.17) is 4.74 Å². The van der Waals surface area contributed by atoms with Gasteiger partial charge in [-0.25, -0.2) is 9.37 Å². The highest BCUT2D eigenvalue weighted by atomic mass is 32.1. The fourth-order valence-electron chi connectivity index (χ4n) is 1.29. The number of methoxy groups -OCH3 is 1. The SMILES string of the molecule is COc1ccsc1CNc1ccc(F)cn1. The Kier molecular flexibility index (Phi) is 3.36. The Bertz CT molecular complexity index is 455. The highest BCUT2D eigenvalue weighted by molar-refractivity contribution is 7.10. The Morgan fingerprint density at radius 3 is 3.00 bits per heavy atom. The van der Waals surface area contributed by atoms with Gasteiger partial charge in [0.2, 0.25) is 0 Å². The van der Waals surface area contributed by atoms with Crippen LogP contribution in [0.15, 0.2) is 29.8 Å². The van der Waals surface area contributed by atoms with E-state index < -0.39 is 0 Å². The molecule has 2 aromatic rings. The van der Waals surface area contributed by atoms with Gasteiger partial charge < -0.3 is 10.1 Å². The molecule has 0 atom stereocenters. The highest BCUT2D eigenvalue weighted by Gasteiger charge is 2.04. The first-order valence-corrected chi connectivity index (χ1v) is 5.63. The van der Waals surface area contributed by atoms with Crippen molar-refractivity contribution >= 4 is 17.2 Å². The minimum absolute atomic E-state index is 0.334. The molecule has 0 amide bonds. The Morgan fingerprint density at radius 2 is 2.31 bits per heavy atom. The third kappa shape index (κ3) is 2.49. The minimum atomic E-state index is -0.334. The molecule has 2 rings (SSSR count). The number of ether oxygens (including phenoxy) is 1. The maximum atomic E-state index is 12.6. The molecule has 1 N–H and O–H groups in total. The van der Waals surface area contributed by atoms with E-state index in [1.165, 1.54) is 12.3 Å². The van der Waals surface area contributed by atoms with Crippen LogP contribution in [0, 0.1) is 5.82 Å². The number of anilines is 1. The number of nitrogens with one attached hydrogen (secondary N) is 1. The van der Waals surface area contributed by atoms with E-state index in [1.807, 2.05) is 11.4 Å². The van der Waals surface area contributed by atoms with Crippen LogP contribution in [0.5, 0.6) is 5.75 Å². The molecule has 0 fully saturated rings. The molecule has 2 heterocycles. The largest absolute Gasteiger partial charge is 0.496 e. The summed E-state index contributed by atoms with van der Waals surface area (Å²) in [5.74, 6) is 1.18. The Balaban J connectivity index is 1.99.